The van der Waals surface area contributed by atoms with Gasteiger partial charge in [0.1, 0.15) is 43.1 Å². The molecule has 35 heavy (non-hydrogen) atoms. The molecule has 14 nitrogen and oxygen atoms in total. The Labute approximate surface area is 242 Å². The van der Waals surface area contributed by atoms with Gasteiger partial charge in [0.15, 0.2) is 5.75 Å². The molecule has 0 aliphatic rings. The summed E-state index contributed by atoms with van der Waals surface area (Å²) in [5.41, 5.74) is -1.49. The van der Waals surface area contributed by atoms with Gasteiger partial charge in [0, 0.05) is 6.07 Å². The Morgan fingerprint density at radius 2 is 1.29 bits per heavy atom. The average Bonchev–Trinajstić information content (AvgIpc) is 2.65. The fraction of sp³-hybridized carbons (Fsp3) is 0. The maximum atomic E-state index is 11.7. The third-order valence-corrected chi connectivity index (χ3v) is 6.68. The van der Waals surface area contributed by atoms with Crippen molar-refractivity contribution in [2.45, 2.75) is 14.7 Å². The topological polar surface area (TPSA) is 254 Å². The quantitative estimate of drug-likeness (QED) is 0.130. The Morgan fingerprint density at radius 3 is 1.77 bits per heavy atom. The number of benzene rings is 3. The molecule has 3 aromatic rings. The van der Waals surface area contributed by atoms with E-state index in [4.69, 9.17) is 4.55 Å². The van der Waals surface area contributed by atoms with Crippen LogP contribution in [0.5, 0.6) is 17.2 Å². The molecule has 0 spiro atoms. The van der Waals surface area contributed by atoms with Crippen LogP contribution in [-0.2, 0) is 30.4 Å². The van der Waals surface area contributed by atoms with E-state index in [-0.39, 0.29) is 59.1 Å². The number of aromatic hydroxyl groups is 3. The fourth-order valence-electron chi connectivity index (χ4n) is 2.72. The summed E-state index contributed by atoms with van der Waals surface area (Å²) < 4.78 is 99.9. The first kappa shape index (κ1) is 31.7. The van der Waals surface area contributed by atoms with Crippen LogP contribution in [0.15, 0.2) is 61.3 Å². The van der Waals surface area contributed by atoms with Crippen molar-refractivity contribution in [3.8, 4) is 17.2 Å². The van der Waals surface area contributed by atoms with Crippen LogP contribution in [0.3, 0.4) is 0 Å². The molecule has 0 atom stereocenters. The molecule has 0 heterocycles. The number of azo groups is 1. The van der Waals surface area contributed by atoms with Crippen LogP contribution in [0.4, 0.5) is 11.4 Å². The molecule has 0 aromatic heterocycles. The smallest absolute Gasteiger partial charge is 0.744 e. The van der Waals surface area contributed by atoms with Gasteiger partial charge in [0.05, 0.1) is 20.1 Å². The molecule has 0 amide bonds. The van der Waals surface area contributed by atoms with Gasteiger partial charge in [0.25, 0.3) is 10.1 Å². The van der Waals surface area contributed by atoms with Gasteiger partial charge >= 0.3 is 59.1 Å². The van der Waals surface area contributed by atoms with Gasteiger partial charge in [-0.1, -0.05) is 0 Å². The largest absolute Gasteiger partial charge is 1.00 e. The van der Waals surface area contributed by atoms with E-state index in [1.807, 2.05) is 0 Å². The van der Waals surface area contributed by atoms with Crippen LogP contribution in [-0.4, -0.2) is 54.2 Å². The molecular formula is C16H10N2Na2O12S3. The number of phenols is 3. The van der Waals surface area contributed by atoms with Crippen molar-refractivity contribution in [2.75, 3.05) is 0 Å². The van der Waals surface area contributed by atoms with E-state index >= 15 is 0 Å². The maximum Gasteiger partial charge on any atom is 1.00 e. The normalized spacial score (nSPS) is 12.3. The standard InChI is InChI=1S/C16H12N2O12S3.2Na/c19-11-5-8(31(22,23)24)1-2-10(11)17-18-15-13(33(28,29)30)4-7-3-9(32(25,26)27)6-12(20)14(7)16(15)21;;/h1-6,19-21H,(H,22,23,24)(H,25,26,27)(H,28,29,30);;/q;2*+1/p-2. The Bertz CT molecular complexity index is 1670. The summed E-state index contributed by atoms with van der Waals surface area (Å²) in [6.45, 7) is 0. The van der Waals surface area contributed by atoms with Crippen molar-refractivity contribution in [1.82, 2.24) is 0 Å². The van der Waals surface area contributed by atoms with Crippen molar-refractivity contribution in [2.24, 2.45) is 10.2 Å². The van der Waals surface area contributed by atoms with Gasteiger partial charge in [-0.15, -0.1) is 10.2 Å². The maximum absolute atomic E-state index is 11.7. The van der Waals surface area contributed by atoms with E-state index in [2.05, 4.69) is 10.2 Å². The molecule has 0 saturated carbocycles. The van der Waals surface area contributed by atoms with E-state index in [1.165, 1.54) is 0 Å². The number of rotatable bonds is 5. The van der Waals surface area contributed by atoms with Gasteiger partial charge in [-0.25, -0.2) is 16.8 Å². The van der Waals surface area contributed by atoms with Crippen molar-refractivity contribution in [1.29, 1.82) is 0 Å². The molecule has 0 aliphatic carbocycles. The Balaban J connectivity index is 0.00000306. The SMILES string of the molecule is O=S(=O)([O-])c1cc(O)c2c(O)c(N=Nc3ccc(S(=O)(=O)O)cc3O)c(S(=O)(=O)[O-])cc2c1.[Na+].[Na+]. The summed E-state index contributed by atoms with van der Waals surface area (Å²) in [7, 11) is -15.2. The third kappa shape index (κ3) is 6.90. The Hall–Kier alpha value is -1.35. The monoisotopic (exact) mass is 564 g/mol. The summed E-state index contributed by atoms with van der Waals surface area (Å²) in [6, 6.07) is 3.90. The second-order valence-corrected chi connectivity index (χ2v) is 10.5. The van der Waals surface area contributed by atoms with Crippen LogP contribution in [0.1, 0.15) is 0 Å². The average molecular weight is 564 g/mol. The molecular weight excluding hydrogens is 554 g/mol. The van der Waals surface area contributed by atoms with Crippen molar-refractivity contribution < 1.29 is 113 Å². The molecule has 176 valence electrons. The molecule has 0 radical (unpaired) electrons. The van der Waals surface area contributed by atoms with Gasteiger partial charge in [-0.2, -0.15) is 8.42 Å². The van der Waals surface area contributed by atoms with Crippen LogP contribution < -0.4 is 59.1 Å². The first-order valence-corrected chi connectivity index (χ1v) is 12.4. The summed E-state index contributed by atoms with van der Waals surface area (Å²) in [5, 5.41) is 36.1. The molecule has 3 rings (SSSR count). The number of nitrogens with zero attached hydrogens (tertiary/aromatic N) is 2. The molecule has 0 fully saturated rings. The van der Waals surface area contributed by atoms with E-state index in [0.717, 1.165) is 12.1 Å². The molecule has 0 saturated heterocycles. The number of fused-ring (bicyclic) bond motifs is 1. The van der Waals surface area contributed by atoms with Gasteiger partial charge in [-0.05, 0) is 35.7 Å². The van der Waals surface area contributed by atoms with Gasteiger partial charge in [0.2, 0.25) is 0 Å². The zero-order chi connectivity index (χ0) is 24.9. The molecule has 4 N–H and O–H groups in total. The summed E-state index contributed by atoms with van der Waals surface area (Å²) >= 11 is 0. The van der Waals surface area contributed by atoms with Gasteiger partial charge in [-0.3, -0.25) is 4.55 Å². The van der Waals surface area contributed by atoms with E-state index in [0.29, 0.717) is 24.3 Å². The van der Waals surface area contributed by atoms with Gasteiger partial charge < -0.3 is 24.4 Å². The third-order valence-electron chi connectivity index (χ3n) is 4.16. The number of hydrogen-bond acceptors (Lipinski definition) is 13. The van der Waals surface area contributed by atoms with E-state index in [9.17, 15) is 49.7 Å². The summed E-state index contributed by atoms with van der Waals surface area (Å²) in [6.07, 6.45) is 0. The minimum atomic E-state index is -5.40. The molecule has 3 aromatic carbocycles. The van der Waals surface area contributed by atoms with Crippen LogP contribution in [0.25, 0.3) is 10.8 Å². The summed E-state index contributed by atoms with van der Waals surface area (Å²) in [5.74, 6) is -2.94. The summed E-state index contributed by atoms with van der Waals surface area (Å²) in [4.78, 5) is -2.89. The predicted octanol–water partition coefficient (Wildman–Crippen LogP) is -4.57. The van der Waals surface area contributed by atoms with E-state index in [1.54, 1.807) is 0 Å². The minimum absolute atomic E-state index is 0. The Morgan fingerprint density at radius 1 is 0.714 bits per heavy atom. The minimum Gasteiger partial charge on any atom is -0.744 e. The molecule has 0 bridgehead atoms. The van der Waals surface area contributed by atoms with Crippen LogP contribution >= 0.6 is 0 Å². The second kappa shape index (κ2) is 11.0. The van der Waals surface area contributed by atoms with Crippen LogP contribution in [0, 0.1) is 0 Å². The molecule has 19 heteroatoms. The number of phenolic OH excluding ortho intramolecular Hbond substituents is 3. The molecule has 0 unspecified atom stereocenters. The first-order chi connectivity index (χ1) is 15.0. The van der Waals surface area contributed by atoms with E-state index < -0.39 is 84.4 Å². The predicted molar refractivity (Wildman–Crippen MR) is 105 cm³/mol. The first-order valence-electron chi connectivity index (χ1n) is 8.17. The van der Waals surface area contributed by atoms with Crippen molar-refractivity contribution >= 4 is 52.5 Å². The van der Waals surface area contributed by atoms with Crippen molar-refractivity contribution in [3.63, 3.8) is 0 Å². The fourth-order valence-corrected chi connectivity index (χ4v) is 4.40. The van der Waals surface area contributed by atoms with Crippen molar-refractivity contribution in [3.05, 3.63) is 36.4 Å². The Kier molecular flexibility index (Phi) is 9.91. The second-order valence-electron chi connectivity index (χ2n) is 6.35. The van der Waals surface area contributed by atoms with Crippen LogP contribution in [0.2, 0.25) is 0 Å². The molecule has 0 aliphatic heterocycles. The zero-order valence-corrected chi connectivity index (χ0v) is 24.1. The number of hydrogen-bond donors (Lipinski definition) is 4. The zero-order valence-electron chi connectivity index (χ0n) is 17.6.